The molecule has 0 aliphatic heterocycles. The van der Waals surface area contributed by atoms with E-state index in [4.69, 9.17) is 5.73 Å². The Kier molecular flexibility index (Phi) is 3.65. The van der Waals surface area contributed by atoms with Crippen molar-refractivity contribution in [3.8, 4) is 0 Å². The molecule has 2 rings (SSSR count). The Morgan fingerprint density at radius 2 is 1.75 bits per heavy atom. The van der Waals surface area contributed by atoms with Gasteiger partial charge in [-0.05, 0) is 36.8 Å². The van der Waals surface area contributed by atoms with Gasteiger partial charge < -0.3 is 11.1 Å². The summed E-state index contributed by atoms with van der Waals surface area (Å²) >= 11 is 0. The van der Waals surface area contributed by atoms with Gasteiger partial charge in [0, 0.05) is 11.8 Å². The van der Waals surface area contributed by atoms with Crippen LogP contribution in [0.25, 0.3) is 0 Å². The first-order chi connectivity index (χ1) is 9.38. The summed E-state index contributed by atoms with van der Waals surface area (Å²) in [6, 6.07) is 5.27. The molecule has 0 bridgehead atoms. The fourth-order valence-electron chi connectivity index (χ4n) is 1.65. The fourth-order valence-corrected chi connectivity index (χ4v) is 1.65. The van der Waals surface area contributed by atoms with Crippen molar-refractivity contribution in [2.45, 2.75) is 6.92 Å². The van der Waals surface area contributed by atoms with Crippen molar-refractivity contribution in [2.75, 3.05) is 11.1 Å². The maximum atomic E-state index is 13.6. The monoisotopic (exact) mass is 280 g/mol. The number of hydrogen-bond donors (Lipinski definition) is 2. The molecule has 0 saturated carbocycles. The van der Waals surface area contributed by atoms with Gasteiger partial charge in [0.1, 0.15) is 17.5 Å². The molecule has 3 nitrogen and oxygen atoms in total. The Bertz CT molecular complexity index is 686. The minimum atomic E-state index is -0.885. The highest BCUT2D eigenvalue weighted by Gasteiger charge is 2.15. The maximum Gasteiger partial charge on any atom is 0.258 e. The normalized spacial score (nSPS) is 10.4. The minimum absolute atomic E-state index is 0.110. The number of nitrogens with one attached hydrogen (secondary N) is 1. The van der Waals surface area contributed by atoms with Gasteiger partial charge in [0.15, 0.2) is 0 Å². The standard InChI is InChI=1S/C14H11F3N2O/c1-7-4-12(17)13(6-10(7)15)19-14(20)9-3-2-8(18)5-11(9)16/h2-6H,18H2,1H3,(H,19,20). The highest BCUT2D eigenvalue weighted by molar-refractivity contribution is 6.04. The molecule has 6 heteroatoms. The van der Waals surface area contributed by atoms with Crippen LogP contribution in [0.2, 0.25) is 0 Å². The summed E-state index contributed by atoms with van der Waals surface area (Å²) in [7, 11) is 0. The van der Waals surface area contributed by atoms with Crippen LogP contribution in [0.5, 0.6) is 0 Å². The number of carbonyl (C=O) groups excluding carboxylic acids is 1. The minimum Gasteiger partial charge on any atom is -0.399 e. The van der Waals surface area contributed by atoms with E-state index in [2.05, 4.69) is 5.32 Å². The van der Waals surface area contributed by atoms with Gasteiger partial charge >= 0.3 is 0 Å². The second kappa shape index (κ2) is 5.24. The van der Waals surface area contributed by atoms with E-state index in [0.29, 0.717) is 0 Å². The number of rotatable bonds is 2. The topological polar surface area (TPSA) is 55.1 Å². The maximum absolute atomic E-state index is 13.6. The molecule has 0 fully saturated rings. The van der Waals surface area contributed by atoms with Crippen LogP contribution < -0.4 is 11.1 Å². The molecule has 0 unspecified atom stereocenters. The lowest BCUT2D eigenvalue weighted by molar-refractivity contribution is 0.102. The summed E-state index contributed by atoms with van der Waals surface area (Å²) in [6.45, 7) is 1.39. The Balaban J connectivity index is 2.30. The van der Waals surface area contributed by atoms with Gasteiger partial charge in [-0.2, -0.15) is 0 Å². The van der Waals surface area contributed by atoms with Crippen LogP contribution in [0.1, 0.15) is 15.9 Å². The molecule has 2 aromatic carbocycles. The molecule has 0 spiro atoms. The number of benzene rings is 2. The number of hydrogen-bond acceptors (Lipinski definition) is 2. The summed E-state index contributed by atoms with van der Waals surface area (Å²) in [5.41, 5.74) is 4.97. The lowest BCUT2D eigenvalue weighted by Crippen LogP contribution is -2.15. The van der Waals surface area contributed by atoms with Crippen molar-refractivity contribution in [3.05, 3.63) is 58.9 Å². The van der Waals surface area contributed by atoms with Crippen molar-refractivity contribution in [1.82, 2.24) is 0 Å². The number of amides is 1. The molecule has 2 aromatic rings. The number of nitrogen functional groups attached to an aromatic ring is 1. The number of halogens is 3. The van der Waals surface area contributed by atoms with Crippen LogP contribution in [-0.2, 0) is 0 Å². The molecule has 0 atom stereocenters. The molecule has 0 saturated heterocycles. The highest BCUT2D eigenvalue weighted by atomic mass is 19.1. The van der Waals surface area contributed by atoms with Crippen molar-refractivity contribution >= 4 is 17.3 Å². The van der Waals surface area contributed by atoms with Gasteiger partial charge in [0.25, 0.3) is 5.91 Å². The lowest BCUT2D eigenvalue weighted by atomic mass is 10.1. The van der Waals surface area contributed by atoms with Gasteiger partial charge in [-0.3, -0.25) is 4.79 Å². The van der Waals surface area contributed by atoms with Gasteiger partial charge in [-0.25, -0.2) is 13.2 Å². The fraction of sp³-hybridized carbons (Fsp3) is 0.0714. The van der Waals surface area contributed by atoms with Crippen molar-refractivity contribution in [1.29, 1.82) is 0 Å². The molecule has 0 aliphatic carbocycles. The smallest absolute Gasteiger partial charge is 0.258 e. The molecular formula is C14H11F3N2O. The van der Waals surface area contributed by atoms with Crippen LogP contribution >= 0.6 is 0 Å². The predicted octanol–water partition coefficient (Wildman–Crippen LogP) is 3.25. The summed E-state index contributed by atoms with van der Waals surface area (Å²) in [5.74, 6) is -3.19. The number of nitrogens with two attached hydrogens (primary N) is 1. The van der Waals surface area contributed by atoms with Crippen molar-refractivity contribution in [2.24, 2.45) is 0 Å². The van der Waals surface area contributed by atoms with E-state index in [0.717, 1.165) is 18.2 Å². The van der Waals surface area contributed by atoms with Gasteiger partial charge in [0.2, 0.25) is 0 Å². The first kappa shape index (κ1) is 13.9. The van der Waals surface area contributed by atoms with Crippen LogP contribution in [0.15, 0.2) is 30.3 Å². The summed E-state index contributed by atoms with van der Waals surface area (Å²) in [4.78, 5) is 11.8. The van der Waals surface area contributed by atoms with E-state index in [1.54, 1.807) is 0 Å². The zero-order valence-corrected chi connectivity index (χ0v) is 10.5. The Morgan fingerprint density at radius 1 is 1.05 bits per heavy atom. The van der Waals surface area contributed by atoms with E-state index in [1.807, 2.05) is 0 Å². The molecule has 1 amide bonds. The third-order valence-electron chi connectivity index (χ3n) is 2.73. The van der Waals surface area contributed by atoms with E-state index >= 15 is 0 Å². The van der Waals surface area contributed by atoms with E-state index < -0.39 is 23.4 Å². The van der Waals surface area contributed by atoms with Crippen LogP contribution in [0, 0.1) is 24.4 Å². The summed E-state index contributed by atoms with van der Waals surface area (Å²) < 4.78 is 40.5. The average Bonchev–Trinajstić information content (AvgIpc) is 2.35. The summed E-state index contributed by atoms with van der Waals surface area (Å²) in [6.07, 6.45) is 0. The highest BCUT2D eigenvalue weighted by Crippen LogP contribution is 2.20. The zero-order valence-electron chi connectivity index (χ0n) is 10.5. The molecule has 0 aliphatic rings. The van der Waals surface area contributed by atoms with Gasteiger partial charge in [0.05, 0.1) is 11.3 Å². The van der Waals surface area contributed by atoms with Crippen molar-refractivity contribution in [3.63, 3.8) is 0 Å². The third-order valence-corrected chi connectivity index (χ3v) is 2.73. The third kappa shape index (κ3) is 2.74. The summed E-state index contributed by atoms with van der Waals surface area (Å²) in [5, 5.41) is 2.12. The van der Waals surface area contributed by atoms with E-state index in [9.17, 15) is 18.0 Å². The Morgan fingerprint density at radius 3 is 2.40 bits per heavy atom. The first-order valence-electron chi connectivity index (χ1n) is 5.70. The molecule has 0 heterocycles. The Hall–Kier alpha value is -2.50. The van der Waals surface area contributed by atoms with E-state index in [1.165, 1.54) is 19.1 Å². The van der Waals surface area contributed by atoms with Crippen LogP contribution in [0.4, 0.5) is 24.5 Å². The second-order valence-corrected chi connectivity index (χ2v) is 4.27. The quantitative estimate of drug-likeness (QED) is 0.830. The molecule has 3 N–H and O–H groups in total. The zero-order chi connectivity index (χ0) is 14.9. The predicted molar refractivity (Wildman–Crippen MR) is 69.9 cm³/mol. The Labute approximate surface area is 113 Å². The van der Waals surface area contributed by atoms with Gasteiger partial charge in [-0.15, -0.1) is 0 Å². The average molecular weight is 280 g/mol. The van der Waals surface area contributed by atoms with Crippen LogP contribution in [0.3, 0.4) is 0 Å². The molecular weight excluding hydrogens is 269 g/mol. The molecule has 104 valence electrons. The lowest BCUT2D eigenvalue weighted by Gasteiger charge is -2.09. The van der Waals surface area contributed by atoms with Crippen LogP contribution in [-0.4, -0.2) is 5.91 Å². The van der Waals surface area contributed by atoms with Gasteiger partial charge in [-0.1, -0.05) is 0 Å². The largest absolute Gasteiger partial charge is 0.399 e. The second-order valence-electron chi connectivity index (χ2n) is 4.27. The molecule has 0 radical (unpaired) electrons. The van der Waals surface area contributed by atoms with Crippen molar-refractivity contribution < 1.29 is 18.0 Å². The number of carbonyl (C=O) groups is 1. The van der Waals surface area contributed by atoms with E-state index in [-0.39, 0.29) is 22.5 Å². The SMILES string of the molecule is Cc1cc(F)c(NC(=O)c2ccc(N)cc2F)cc1F. The number of aryl methyl sites for hydroxylation is 1. The first-order valence-corrected chi connectivity index (χ1v) is 5.70. The number of anilines is 2. The molecule has 0 aromatic heterocycles. The molecule has 20 heavy (non-hydrogen) atoms.